The summed E-state index contributed by atoms with van der Waals surface area (Å²) in [7, 11) is -1.19. The summed E-state index contributed by atoms with van der Waals surface area (Å²) < 4.78 is 0. The Kier molecular flexibility index (Phi) is 6.50. The van der Waals surface area contributed by atoms with E-state index in [1.807, 2.05) is 0 Å². The van der Waals surface area contributed by atoms with Crippen LogP contribution in [0, 0.1) is 5.92 Å². The molecule has 0 aromatic heterocycles. The average Bonchev–Trinajstić information content (AvgIpc) is 2.74. The zero-order valence-electron chi connectivity index (χ0n) is 23.9. The third-order valence-corrected chi connectivity index (χ3v) is 10.7. The first-order valence-corrected chi connectivity index (χ1v) is 14.9. The molecule has 1 radical (unpaired) electrons. The fraction of sp³-hybridized carbons (Fsp3) is 0.471. The van der Waals surface area contributed by atoms with Crippen molar-refractivity contribution >= 4 is 24.4 Å². The molecule has 3 aromatic carbocycles. The minimum absolute atomic E-state index is 0.0625. The maximum Gasteiger partial charge on any atom is 0.156 e. The number of hydrogen-bond donors (Lipinski definition) is 0. The molecule has 1 aliphatic rings. The second kappa shape index (κ2) is 8.77. The summed E-state index contributed by atoms with van der Waals surface area (Å²) in [5.41, 5.74) is 7.87. The van der Waals surface area contributed by atoms with Crippen molar-refractivity contribution in [3.63, 3.8) is 0 Å². The molecule has 0 fully saturated rings. The minimum atomic E-state index is -1.19. The summed E-state index contributed by atoms with van der Waals surface area (Å²) in [6, 6.07) is 23.9. The monoisotopic (exact) mass is 481 g/mol. The Hall–Kier alpha value is -2.12. The zero-order chi connectivity index (χ0) is 25.9. The van der Waals surface area contributed by atoms with Crippen molar-refractivity contribution in [2.75, 3.05) is 0 Å². The maximum atomic E-state index is 2.56. The molecule has 0 amide bonds. The third kappa shape index (κ3) is 4.69. The van der Waals surface area contributed by atoms with Crippen LogP contribution in [0.25, 0.3) is 0 Å². The van der Waals surface area contributed by atoms with Gasteiger partial charge in [-0.3, -0.25) is 0 Å². The van der Waals surface area contributed by atoms with Gasteiger partial charge in [0.1, 0.15) is 0 Å². The number of fused-ring (bicyclic) bond motifs is 2. The first kappa shape index (κ1) is 26.0. The molecule has 35 heavy (non-hydrogen) atoms. The van der Waals surface area contributed by atoms with Gasteiger partial charge in [0.05, 0.1) is 0 Å². The molecule has 0 bridgehead atoms. The Morgan fingerprint density at radius 3 is 1.34 bits per heavy atom. The highest BCUT2D eigenvalue weighted by atomic mass is 28.3. The predicted octanol–water partition coefficient (Wildman–Crippen LogP) is 7.20. The first-order valence-electron chi connectivity index (χ1n) is 13.4. The van der Waals surface area contributed by atoms with Crippen LogP contribution in [-0.4, -0.2) is 8.80 Å². The lowest BCUT2D eigenvalue weighted by atomic mass is 9.75. The van der Waals surface area contributed by atoms with Gasteiger partial charge in [0.2, 0.25) is 0 Å². The van der Waals surface area contributed by atoms with Crippen molar-refractivity contribution in [3.8, 4) is 0 Å². The summed E-state index contributed by atoms with van der Waals surface area (Å²) in [5.74, 6) is 1.02. The van der Waals surface area contributed by atoms with Crippen molar-refractivity contribution in [2.24, 2.45) is 5.92 Å². The molecule has 3 aromatic rings. The molecule has 4 rings (SSSR count). The quantitative estimate of drug-likeness (QED) is 0.340. The fourth-order valence-electron chi connectivity index (χ4n) is 5.82. The van der Waals surface area contributed by atoms with Crippen LogP contribution >= 0.6 is 0 Å². The molecule has 1 aliphatic heterocycles. The molecule has 1 heterocycles. The lowest BCUT2D eigenvalue weighted by Crippen LogP contribution is -2.61. The van der Waals surface area contributed by atoms with E-state index in [1.54, 1.807) is 26.7 Å². The lowest BCUT2D eigenvalue weighted by molar-refractivity contribution is 0.553. The molecule has 0 nitrogen and oxygen atoms in total. The molecule has 0 saturated carbocycles. The van der Waals surface area contributed by atoms with Crippen molar-refractivity contribution in [1.82, 2.24) is 0 Å². The standard InChI is InChI=1S/C34H45Si/c1-22(2)30-24-16-12-14-18-28(24)35(29-19-15-13-17-25(29)30)31-26(33(6,7)8)20-23(32(3,4)5)21-27(31)34(9,10)11/h12-22,30H,1-11H3. The summed E-state index contributed by atoms with van der Waals surface area (Å²) in [5, 5.41) is 4.81. The molecule has 1 heteroatoms. The first-order chi connectivity index (χ1) is 16.1. The Morgan fingerprint density at radius 2 is 1.00 bits per heavy atom. The minimum Gasteiger partial charge on any atom is -0.0623 e. The van der Waals surface area contributed by atoms with Gasteiger partial charge in [-0.05, 0) is 65.5 Å². The highest BCUT2D eigenvalue weighted by molar-refractivity contribution is 6.97. The normalized spacial score (nSPS) is 15.3. The van der Waals surface area contributed by atoms with Crippen LogP contribution in [0.4, 0.5) is 0 Å². The molecule has 0 unspecified atom stereocenters. The summed E-state index contributed by atoms with van der Waals surface area (Å²) in [4.78, 5) is 0. The smallest absolute Gasteiger partial charge is 0.0623 e. The lowest BCUT2D eigenvalue weighted by Gasteiger charge is -2.40. The SMILES string of the molecule is CC(C)C1c2ccccc2[Si](c2c(C(C)(C)C)cc(C(C)(C)C)cc2C(C)(C)C)c2ccccc21. The Morgan fingerprint density at radius 1 is 0.600 bits per heavy atom. The van der Waals surface area contributed by atoms with Gasteiger partial charge in [-0.25, -0.2) is 0 Å². The summed E-state index contributed by atoms with van der Waals surface area (Å²) >= 11 is 0. The van der Waals surface area contributed by atoms with Crippen LogP contribution < -0.4 is 15.6 Å². The maximum absolute atomic E-state index is 2.56. The summed E-state index contributed by atoms with van der Waals surface area (Å²) in [6.45, 7) is 26.3. The van der Waals surface area contributed by atoms with Gasteiger partial charge >= 0.3 is 0 Å². The number of rotatable bonds is 2. The molecular weight excluding hydrogens is 436 g/mol. The van der Waals surface area contributed by atoms with E-state index >= 15 is 0 Å². The van der Waals surface area contributed by atoms with E-state index < -0.39 is 8.80 Å². The van der Waals surface area contributed by atoms with Crippen molar-refractivity contribution in [2.45, 2.75) is 98.3 Å². The second-order valence-corrected chi connectivity index (χ2v) is 16.3. The number of benzene rings is 3. The van der Waals surface area contributed by atoms with Gasteiger partial charge in [0, 0.05) is 5.92 Å². The largest absolute Gasteiger partial charge is 0.156 e. The van der Waals surface area contributed by atoms with Gasteiger partial charge in [0.25, 0.3) is 0 Å². The van der Waals surface area contributed by atoms with E-state index in [1.165, 1.54) is 16.7 Å². The van der Waals surface area contributed by atoms with Crippen molar-refractivity contribution in [1.29, 1.82) is 0 Å². The van der Waals surface area contributed by atoms with Gasteiger partial charge in [-0.2, -0.15) is 0 Å². The van der Waals surface area contributed by atoms with Crippen LogP contribution in [0.15, 0.2) is 60.7 Å². The molecule has 0 spiro atoms. The van der Waals surface area contributed by atoms with Crippen LogP contribution in [0.3, 0.4) is 0 Å². The van der Waals surface area contributed by atoms with E-state index in [4.69, 9.17) is 0 Å². The average molecular weight is 482 g/mol. The van der Waals surface area contributed by atoms with Crippen LogP contribution in [-0.2, 0) is 16.2 Å². The van der Waals surface area contributed by atoms with Gasteiger partial charge in [-0.1, -0.05) is 137 Å². The summed E-state index contributed by atoms with van der Waals surface area (Å²) in [6.07, 6.45) is 0. The predicted molar refractivity (Wildman–Crippen MR) is 157 cm³/mol. The molecule has 185 valence electrons. The van der Waals surface area contributed by atoms with Crippen LogP contribution in [0.1, 0.15) is 110 Å². The Labute approximate surface area is 216 Å². The highest BCUT2D eigenvalue weighted by Gasteiger charge is 2.40. The van der Waals surface area contributed by atoms with E-state index in [0.29, 0.717) is 11.8 Å². The van der Waals surface area contributed by atoms with E-state index in [0.717, 1.165) is 0 Å². The molecular formula is C34H45Si. The van der Waals surface area contributed by atoms with Crippen LogP contribution in [0.2, 0.25) is 0 Å². The van der Waals surface area contributed by atoms with Crippen molar-refractivity contribution < 1.29 is 0 Å². The van der Waals surface area contributed by atoms with Gasteiger partial charge in [-0.15, -0.1) is 0 Å². The Bertz CT molecular complexity index is 1140. The fourth-order valence-corrected chi connectivity index (χ4v) is 9.66. The molecule has 0 saturated heterocycles. The van der Waals surface area contributed by atoms with Gasteiger partial charge < -0.3 is 0 Å². The zero-order valence-corrected chi connectivity index (χ0v) is 24.9. The molecule has 0 N–H and O–H groups in total. The molecule has 0 aliphatic carbocycles. The van der Waals surface area contributed by atoms with E-state index in [2.05, 4.69) is 137 Å². The van der Waals surface area contributed by atoms with E-state index in [-0.39, 0.29) is 16.2 Å². The van der Waals surface area contributed by atoms with Crippen LogP contribution in [0.5, 0.6) is 0 Å². The van der Waals surface area contributed by atoms with E-state index in [9.17, 15) is 0 Å². The van der Waals surface area contributed by atoms with Crippen molar-refractivity contribution in [3.05, 3.63) is 88.5 Å². The molecule has 0 atom stereocenters. The van der Waals surface area contributed by atoms with Gasteiger partial charge in [0.15, 0.2) is 8.80 Å². The Balaban J connectivity index is 2.18. The third-order valence-electron chi connectivity index (χ3n) is 7.67. The topological polar surface area (TPSA) is 0 Å². The number of hydrogen-bond acceptors (Lipinski definition) is 0. The second-order valence-electron chi connectivity index (χ2n) is 14.0. The highest BCUT2D eigenvalue weighted by Crippen LogP contribution is 2.37.